The fourth-order valence-electron chi connectivity index (χ4n) is 16.9. The van der Waals surface area contributed by atoms with Crippen molar-refractivity contribution in [1.29, 1.82) is 0 Å². The Morgan fingerprint density at radius 2 is 0.672 bits per heavy atom. The third kappa shape index (κ3) is 29.5. The second-order valence-corrected chi connectivity index (χ2v) is 34.6. The highest BCUT2D eigenvalue weighted by Gasteiger charge is 2.37. The number of H-pyrrole nitrogens is 1. The maximum atomic E-state index is 14.0. The van der Waals surface area contributed by atoms with Crippen molar-refractivity contribution >= 4 is 64.2 Å². The maximum Gasteiger partial charge on any atom is 0.267 e. The Hall–Kier alpha value is -14.0. The van der Waals surface area contributed by atoms with Gasteiger partial charge in [-0.1, -0.05) is 251 Å². The van der Waals surface area contributed by atoms with E-state index in [1.165, 1.54) is 27.8 Å². The van der Waals surface area contributed by atoms with Gasteiger partial charge in [0.05, 0.1) is 18.1 Å². The van der Waals surface area contributed by atoms with E-state index in [1.807, 2.05) is 209 Å². The number of ether oxygens (including phenoxy) is 1. The molecular formula is C105H127N19O7. The summed E-state index contributed by atoms with van der Waals surface area (Å²) in [6.07, 6.45) is 5.82. The number of aliphatic imine (C=N–C) groups is 3. The molecule has 10 aromatic carbocycles. The molecule has 6 amide bonds. The van der Waals surface area contributed by atoms with Crippen molar-refractivity contribution < 1.29 is 33.5 Å². The molecule has 0 bridgehead atoms. The number of guanidine groups is 3. The second kappa shape index (κ2) is 49.0. The van der Waals surface area contributed by atoms with Crippen molar-refractivity contribution in [3.63, 3.8) is 0 Å². The van der Waals surface area contributed by atoms with Crippen LogP contribution in [0.1, 0.15) is 166 Å². The molecule has 0 unspecified atom stereocenters. The van der Waals surface area contributed by atoms with Gasteiger partial charge in [-0.3, -0.25) is 43.7 Å². The van der Waals surface area contributed by atoms with Crippen molar-refractivity contribution in [1.82, 2.24) is 51.6 Å². The number of rotatable bonds is 35. The minimum atomic E-state index is -0.430. The summed E-state index contributed by atoms with van der Waals surface area (Å²) in [5, 5.41) is 20.9. The van der Waals surface area contributed by atoms with E-state index in [0.717, 1.165) is 34.2 Å². The first-order valence-electron chi connectivity index (χ1n) is 45.5. The number of nitrogens with one attached hydrogen (secondary N) is 7. The van der Waals surface area contributed by atoms with E-state index in [0.29, 0.717) is 152 Å². The van der Waals surface area contributed by atoms with Gasteiger partial charge >= 0.3 is 0 Å². The van der Waals surface area contributed by atoms with Crippen LogP contribution in [-0.4, -0.2) is 188 Å². The van der Waals surface area contributed by atoms with Crippen molar-refractivity contribution in [2.45, 2.75) is 138 Å². The molecule has 684 valence electrons. The molecule has 19 N–H and O–H groups in total. The number of hydrogen-bond acceptors (Lipinski definition) is 13. The lowest BCUT2D eigenvalue weighted by atomic mass is 9.87. The summed E-state index contributed by atoms with van der Waals surface area (Å²) < 4.78 is 5.85. The number of nitrogens with two attached hydrogens (primary N) is 6. The van der Waals surface area contributed by atoms with E-state index in [4.69, 9.17) is 39.1 Å². The van der Waals surface area contributed by atoms with Crippen molar-refractivity contribution in [3.8, 4) is 11.5 Å². The van der Waals surface area contributed by atoms with Crippen LogP contribution in [-0.2, 0) is 19.8 Å². The number of para-hydroxylation sites is 2. The molecule has 0 aliphatic carbocycles. The fourth-order valence-corrected chi connectivity index (χ4v) is 16.9. The highest BCUT2D eigenvalue weighted by atomic mass is 16.5. The maximum absolute atomic E-state index is 14.0. The first-order valence-corrected chi connectivity index (χ1v) is 45.5. The summed E-state index contributed by atoms with van der Waals surface area (Å²) >= 11 is 0. The Balaban J connectivity index is 0.000000178. The number of benzene rings is 10. The van der Waals surface area contributed by atoms with Gasteiger partial charge in [-0.05, 0) is 163 Å². The van der Waals surface area contributed by atoms with Gasteiger partial charge in [-0.25, -0.2) is 0 Å². The summed E-state index contributed by atoms with van der Waals surface area (Å²) in [7, 11) is 0. The highest BCUT2D eigenvalue weighted by molar-refractivity contribution is 5.98. The zero-order chi connectivity index (χ0) is 92.3. The Bertz CT molecular complexity index is 5340. The monoisotopic (exact) mass is 1770 g/mol. The number of carbonyl (C=O) groups excluding carboxylic acids is 6. The molecule has 3 aliphatic heterocycles. The molecule has 11 aromatic rings. The van der Waals surface area contributed by atoms with Gasteiger partial charge in [0.1, 0.15) is 17.2 Å². The second-order valence-electron chi connectivity index (χ2n) is 34.6. The van der Waals surface area contributed by atoms with Gasteiger partial charge in [0.25, 0.3) is 17.7 Å². The lowest BCUT2D eigenvalue weighted by Gasteiger charge is -2.29. The molecule has 0 saturated carbocycles. The van der Waals surface area contributed by atoms with E-state index < -0.39 is 18.1 Å². The number of hydrogen-bond donors (Lipinski definition) is 13. The molecule has 26 nitrogen and oxygen atoms in total. The Kier molecular flexibility index (Phi) is 36.0. The van der Waals surface area contributed by atoms with Crippen molar-refractivity contribution in [2.24, 2.45) is 49.4 Å². The van der Waals surface area contributed by atoms with Crippen LogP contribution in [0, 0.1) is 0 Å². The average Bonchev–Trinajstić information content (AvgIpc) is 1.76. The van der Waals surface area contributed by atoms with Crippen LogP contribution in [0.4, 0.5) is 0 Å². The number of carbonyl (C=O) groups is 6. The quantitative estimate of drug-likeness (QED) is 0.00997. The predicted molar refractivity (Wildman–Crippen MR) is 523 cm³/mol. The molecule has 6 atom stereocenters. The van der Waals surface area contributed by atoms with E-state index in [1.54, 1.807) is 24.3 Å². The Morgan fingerprint density at radius 3 is 0.985 bits per heavy atom. The number of nitrogens with zero attached hydrogens (tertiary/aromatic N) is 6. The topological polar surface area (TPSA) is 403 Å². The van der Waals surface area contributed by atoms with Crippen LogP contribution >= 0.6 is 0 Å². The summed E-state index contributed by atoms with van der Waals surface area (Å²) in [5.74, 6) is 1.32. The number of aromatic nitrogens is 1. The van der Waals surface area contributed by atoms with Gasteiger partial charge in [0, 0.05) is 136 Å². The molecule has 3 aliphatic rings. The minimum Gasteiger partial charge on any atom is -0.457 e. The number of amides is 6. The van der Waals surface area contributed by atoms with E-state index in [-0.39, 0.29) is 94.6 Å². The summed E-state index contributed by atoms with van der Waals surface area (Å²) in [5.41, 5.74) is 43.9. The predicted octanol–water partition coefficient (Wildman–Crippen LogP) is 12.2. The van der Waals surface area contributed by atoms with E-state index >= 15 is 0 Å². The van der Waals surface area contributed by atoms with Crippen LogP contribution in [0.5, 0.6) is 11.5 Å². The molecule has 3 fully saturated rings. The van der Waals surface area contributed by atoms with Crippen LogP contribution in [0.2, 0.25) is 0 Å². The third-order valence-electron chi connectivity index (χ3n) is 24.0. The molecule has 4 heterocycles. The minimum absolute atomic E-state index is 0.0217. The normalized spacial score (nSPS) is 17.0. The van der Waals surface area contributed by atoms with Gasteiger partial charge < -0.3 is 90.7 Å². The molecule has 14 rings (SSSR count). The summed E-state index contributed by atoms with van der Waals surface area (Å²) in [4.78, 5) is 102. The van der Waals surface area contributed by atoms with Crippen molar-refractivity contribution in [2.75, 3.05) is 78.5 Å². The molecule has 26 heteroatoms. The fraction of sp³-hybridized carbons (Fsp3) is 0.324. The first-order chi connectivity index (χ1) is 63.5. The number of aromatic amines is 1. The molecule has 0 radical (unpaired) electrons. The molecule has 0 spiro atoms. The van der Waals surface area contributed by atoms with E-state index in [9.17, 15) is 28.8 Å². The lowest BCUT2D eigenvalue weighted by molar-refractivity contribution is -0.133. The average molecular weight is 1770 g/mol. The third-order valence-corrected chi connectivity index (χ3v) is 24.0. The standard InChI is InChI=1S/C37H42N6O3.C35H46N6O2.C33H39N7O2/c38-37(39)40-23-10-17-34-36(45)43(26-33(27-11-4-1-5-12-27)28-13-6-2-7-14-28)24-22-30(42-34)25-41-35(44)29-18-20-32(21-19-29)46-31-15-8-3-9-16-31;1-35(2,3)28-18-16-27(17-19-28)32(42)39-23-29-20-22-41(33(43)31(40-29)15-10-21-38-34(36)37)24-30(25-11-6-4-7-12-25)26-13-8-5-9-14-26;34-33(35)36-18-9-16-29-32(42)40(22-27(23-10-3-1-4-11-23)24-12-5-2-6-13-24)19-17-26(38-29)21-37-31(41)30-20-25-14-7-8-15-28(25)39-30/h1-9,11-16,18-21,30,33-34,42H,10,17,22-26H2,(H,41,44)(H4,38,39,40);4-9,11-14,16-19,29-31,40H,10,15,20-24H2,1-3H3,(H,39,42)(H4,36,37,38);1-8,10-15,20,26-27,29,38-39H,9,16-19,21-22H2,(H,37,41)(H4,34,35,36)/t30-,34-;29-,31-;26-,29-/m000/s1. The van der Waals surface area contributed by atoms with Crippen molar-refractivity contribution in [3.05, 3.63) is 347 Å². The van der Waals surface area contributed by atoms with Crippen LogP contribution in [0.15, 0.2) is 306 Å². The first kappa shape index (κ1) is 96.1. The zero-order valence-electron chi connectivity index (χ0n) is 75.3. The smallest absolute Gasteiger partial charge is 0.267 e. The van der Waals surface area contributed by atoms with Crippen LogP contribution in [0.25, 0.3) is 10.9 Å². The summed E-state index contributed by atoms with van der Waals surface area (Å²) in [6, 6.07) is 94.4. The zero-order valence-corrected chi connectivity index (χ0v) is 75.3. The Morgan fingerprint density at radius 1 is 0.382 bits per heavy atom. The molecule has 1 aromatic heterocycles. The molecule has 3 saturated heterocycles. The van der Waals surface area contributed by atoms with Gasteiger partial charge in [-0.2, -0.15) is 0 Å². The van der Waals surface area contributed by atoms with Gasteiger partial charge in [0.15, 0.2) is 17.9 Å². The SMILES string of the molecule is CC(C)(C)c1ccc(C(=O)NC[C@@H]2CCN(CC(c3ccccc3)c3ccccc3)C(=O)[C@H](CCCN=C(N)N)N2)cc1.NC(N)=NCCC[C@@H]1N[C@H](CNC(=O)c2cc3ccccc3[nH]2)CCN(CC(c2ccccc2)c2ccccc2)C1=O.NC(N)=NCCC[C@@H]1N[C@H](CNC(=O)c2ccc(Oc3ccccc3)cc2)CCN(CC(c2ccccc2)c2ccccc2)C1=O. The van der Waals surface area contributed by atoms with Crippen LogP contribution < -0.4 is 71.0 Å². The van der Waals surface area contributed by atoms with Gasteiger partial charge in [-0.15, -0.1) is 0 Å². The van der Waals surface area contributed by atoms with Crippen LogP contribution in [0.3, 0.4) is 0 Å². The molecule has 131 heavy (non-hydrogen) atoms. The van der Waals surface area contributed by atoms with E-state index in [2.05, 4.69) is 145 Å². The van der Waals surface area contributed by atoms with Gasteiger partial charge in [0.2, 0.25) is 17.7 Å². The highest BCUT2D eigenvalue weighted by Crippen LogP contribution is 2.33. The number of fused-ring (bicyclic) bond motifs is 1. The lowest BCUT2D eigenvalue weighted by Crippen LogP contribution is -2.49. The molecular weight excluding hydrogens is 1640 g/mol. The Labute approximate surface area is 769 Å². The largest absolute Gasteiger partial charge is 0.457 e. The summed E-state index contributed by atoms with van der Waals surface area (Å²) in [6.45, 7) is 12.4.